The van der Waals surface area contributed by atoms with Gasteiger partial charge in [0.15, 0.2) is 0 Å². The minimum Gasteiger partial charge on any atom is -0.356 e. The van der Waals surface area contributed by atoms with Crippen LogP contribution in [-0.4, -0.2) is 65.9 Å². The molecule has 11 heteroatoms. The van der Waals surface area contributed by atoms with Gasteiger partial charge in [-0.25, -0.2) is 8.78 Å². The molecule has 4 N–H and O–H groups in total. The maximum Gasteiger partial charge on any atom is 0.271 e. The Morgan fingerprint density at radius 2 is 2.00 bits per heavy atom. The van der Waals surface area contributed by atoms with Gasteiger partial charge < -0.3 is 25.8 Å². The van der Waals surface area contributed by atoms with Gasteiger partial charge in [0.1, 0.15) is 11.7 Å². The van der Waals surface area contributed by atoms with Crippen LogP contribution < -0.4 is 16.0 Å². The summed E-state index contributed by atoms with van der Waals surface area (Å²) >= 11 is 6.29. The fourth-order valence-electron chi connectivity index (χ4n) is 6.26. The second-order valence-corrected chi connectivity index (χ2v) is 11.5. The number of amides is 3. The van der Waals surface area contributed by atoms with Crippen LogP contribution in [-0.2, 0) is 9.59 Å². The Balaban J connectivity index is 1.38. The molecule has 3 fully saturated rings. The van der Waals surface area contributed by atoms with Crippen LogP contribution in [0.4, 0.5) is 8.78 Å². The quantitative estimate of drug-likeness (QED) is 0.411. The van der Waals surface area contributed by atoms with Gasteiger partial charge in [0, 0.05) is 37.2 Å². The molecule has 0 bridgehead atoms. The summed E-state index contributed by atoms with van der Waals surface area (Å²) in [6.07, 6.45) is 1.92. The summed E-state index contributed by atoms with van der Waals surface area (Å²) in [4.78, 5) is 44.3. The number of fused-ring (bicyclic) bond motifs is 1. The van der Waals surface area contributed by atoms with Crippen molar-refractivity contribution in [2.24, 2.45) is 11.3 Å². The first-order chi connectivity index (χ1) is 18.1. The number of halogens is 3. The highest BCUT2D eigenvalue weighted by Crippen LogP contribution is 2.50. The molecule has 1 aliphatic carbocycles. The van der Waals surface area contributed by atoms with E-state index in [1.54, 1.807) is 25.2 Å². The zero-order valence-corrected chi connectivity index (χ0v) is 22.2. The molecular formula is C27H34ClF2N5O3. The van der Waals surface area contributed by atoms with Gasteiger partial charge in [0.25, 0.3) is 5.91 Å². The summed E-state index contributed by atoms with van der Waals surface area (Å²) in [5.74, 6) is -3.67. The zero-order chi connectivity index (χ0) is 27.1. The molecule has 38 heavy (non-hydrogen) atoms. The van der Waals surface area contributed by atoms with Crippen LogP contribution in [0.15, 0.2) is 24.3 Å². The molecule has 1 spiro atoms. The summed E-state index contributed by atoms with van der Waals surface area (Å²) in [5, 5.41) is 10.2. The van der Waals surface area contributed by atoms with Crippen molar-refractivity contribution in [2.75, 3.05) is 20.1 Å². The monoisotopic (exact) mass is 549 g/mol. The van der Waals surface area contributed by atoms with Gasteiger partial charge in [-0.1, -0.05) is 23.7 Å². The van der Waals surface area contributed by atoms with Crippen molar-refractivity contribution in [1.29, 1.82) is 0 Å². The van der Waals surface area contributed by atoms with Crippen molar-refractivity contribution in [3.8, 4) is 0 Å². The Hall–Kier alpha value is -2.72. The number of aromatic amines is 1. The SMILES string of the molecule is CN[C@H](C[C@@H]1CCCNC1=O)NC(=O)C1CC2(CCC(F)(F)CC2)CN1C(=O)c1cc2cccc(Cl)c2[nH]1. The van der Waals surface area contributed by atoms with E-state index in [4.69, 9.17) is 11.6 Å². The smallest absolute Gasteiger partial charge is 0.271 e. The average molecular weight is 550 g/mol. The maximum absolute atomic E-state index is 14.0. The topological polar surface area (TPSA) is 106 Å². The Kier molecular flexibility index (Phi) is 7.39. The number of nitrogens with one attached hydrogen (secondary N) is 4. The molecule has 3 heterocycles. The van der Waals surface area contributed by atoms with E-state index in [1.807, 2.05) is 6.07 Å². The summed E-state index contributed by atoms with van der Waals surface area (Å²) in [6.45, 7) is 0.892. The number of likely N-dealkylation sites (tertiary alicyclic amines) is 1. The molecule has 2 aromatic rings. The van der Waals surface area contributed by atoms with Crippen LogP contribution in [0.2, 0.25) is 5.02 Å². The third-order valence-corrected chi connectivity index (χ3v) is 8.85. The molecule has 206 valence electrons. The number of piperidine rings is 1. The summed E-state index contributed by atoms with van der Waals surface area (Å²) in [6, 6.07) is 6.25. The van der Waals surface area contributed by atoms with E-state index in [9.17, 15) is 23.2 Å². The van der Waals surface area contributed by atoms with Crippen molar-refractivity contribution < 1.29 is 23.2 Å². The predicted octanol–water partition coefficient (Wildman–Crippen LogP) is 3.81. The lowest BCUT2D eigenvalue weighted by Crippen LogP contribution is -2.53. The van der Waals surface area contributed by atoms with E-state index >= 15 is 0 Å². The first kappa shape index (κ1) is 26.9. The standard InChI is InChI=1S/C27H34ClF2N5O3/c1-31-21(13-17-5-3-11-32-23(17)36)34-24(37)20-14-26(7-9-27(29,30)10-8-26)15-35(20)25(38)19-12-16-4-2-6-18(28)22(16)33-19/h2,4,6,12,17,20-21,31,33H,3,5,7-11,13-15H2,1H3,(H,32,36)(H,34,37)/t17-,20?,21-/m0/s1. The highest BCUT2D eigenvalue weighted by molar-refractivity contribution is 6.35. The number of hydrogen-bond acceptors (Lipinski definition) is 4. The van der Waals surface area contributed by atoms with Gasteiger partial charge in [0.2, 0.25) is 17.7 Å². The number of H-pyrrole nitrogens is 1. The first-order valence-corrected chi connectivity index (χ1v) is 13.7. The molecule has 0 radical (unpaired) electrons. The van der Waals surface area contributed by atoms with Gasteiger partial charge in [-0.3, -0.25) is 14.4 Å². The van der Waals surface area contributed by atoms with E-state index < -0.39 is 23.5 Å². The van der Waals surface area contributed by atoms with Crippen molar-refractivity contribution in [1.82, 2.24) is 25.8 Å². The lowest BCUT2D eigenvalue weighted by atomic mass is 9.71. The molecule has 2 saturated heterocycles. The number of carbonyl (C=O) groups is 3. The van der Waals surface area contributed by atoms with Crippen molar-refractivity contribution in [2.45, 2.75) is 69.5 Å². The molecule has 1 saturated carbocycles. The fourth-order valence-corrected chi connectivity index (χ4v) is 6.49. The molecular weight excluding hydrogens is 516 g/mol. The van der Waals surface area contributed by atoms with Crippen LogP contribution in [0.5, 0.6) is 0 Å². The van der Waals surface area contributed by atoms with Crippen LogP contribution in [0, 0.1) is 11.3 Å². The number of rotatable bonds is 6. The lowest BCUT2D eigenvalue weighted by Gasteiger charge is -2.36. The number of para-hydroxylation sites is 1. The summed E-state index contributed by atoms with van der Waals surface area (Å²) < 4.78 is 28.1. The largest absolute Gasteiger partial charge is 0.356 e. The third-order valence-electron chi connectivity index (χ3n) is 8.53. The third kappa shape index (κ3) is 5.38. The average Bonchev–Trinajstić information content (AvgIpc) is 3.50. The van der Waals surface area contributed by atoms with Crippen LogP contribution in [0.3, 0.4) is 0 Å². The number of nitrogens with zero attached hydrogens (tertiary/aromatic N) is 1. The van der Waals surface area contributed by atoms with Crippen molar-refractivity contribution >= 4 is 40.2 Å². The number of aromatic nitrogens is 1. The highest BCUT2D eigenvalue weighted by Gasteiger charge is 2.53. The summed E-state index contributed by atoms with van der Waals surface area (Å²) in [7, 11) is 1.71. The van der Waals surface area contributed by atoms with Gasteiger partial charge in [0.05, 0.1) is 16.7 Å². The molecule has 3 aliphatic rings. The minimum absolute atomic E-state index is 0.0250. The molecule has 5 rings (SSSR count). The molecule has 2 aliphatic heterocycles. The van der Waals surface area contributed by atoms with E-state index in [0.717, 1.165) is 18.2 Å². The van der Waals surface area contributed by atoms with E-state index in [1.165, 1.54) is 4.90 Å². The molecule has 3 amide bonds. The summed E-state index contributed by atoms with van der Waals surface area (Å²) in [5.41, 5.74) is 0.389. The molecule has 1 aromatic heterocycles. The number of hydrogen-bond donors (Lipinski definition) is 4. The number of alkyl halides is 2. The molecule has 8 nitrogen and oxygen atoms in total. The lowest BCUT2D eigenvalue weighted by molar-refractivity contribution is -0.129. The van der Waals surface area contributed by atoms with Gasteiger partial charge >= 0.3 is 0 Å². The van der Waals surface area contributed by atoms with E-state index in [-0.39, 0.29) is 55.9 Å². The Labute approximate surface area is 225 Å². The van der Waals surface area contributed by atoms with Crippen LogP contribution >= 0.6 is 11.6 Å². The molecule has 1 unspecified atom stereocenters. The second-order valence-electron chi connectivity index (χ2n) is 11.1. The Morgan fingerprint density at radius 1 is 1.24 bits per heavy atom. The van der Waals surface area contributed by atoms with Crippen LogP contribution in [0.1, 0.15) is 61.9 Å². The zero-order valence-electron chi connectivity index (χ0n) is 21.4. The second kappa shape index (κ2) is 10.4. The number of carbonyl (C=O) groups excluding carboxylic acids is 3. The number of benzene rings is 1. The first-order valence-electron chi connectivity index (χ1n) is 13.3. The fraction of sp³-hybridized carbons (Fsp3) is 0.593. The maximum atomic E-state index is 14.0. The molecule has 3 atom stereocenters. The molecule has 1 aromatic carbocycles. The normalized spacial score (nSPS) is 25.4. The minimum atomic E-state index is -2.72. The van der Waals surface area contributed by atoms with E-state index in [2.05, 4.69) is 20.9 Å². The van der Waals surface area contributed by atoms with E-state index in [0.29, 0.717) is 35.6 Å². The van der Waals surface area contributed by atoms with Crippen molar-refractivity contribution in [3.63, 3.8) is 0 Å². The Bertz CT molecular complexity index is 1220. The van der Waals surface area contributed by atoms with Crippen LogP contribution in [0.25, 0.3) is 10.9 Å². The van der Waals surface area contributed by atoms with Gasteiger partial charge in [-0.2, -0.15) is 0 Å². The van der Waals surface area contributed by atoms with Gasteiger partial charge in [-0.15, -0.1) is 0 Å². The Morgan fingerprint density at radius 3 is 2.68 bits per heavy atom. The predicted molar refractivity (Wildman–Crippen MR) is 140 cm³/mol. The highest BCUT2D eigenvalue weighted by atomic mass is 35.5. The van der Waals surface area contributed by atoms with Crippen molar-refractivity contribution in [3.05, 3.63) is 35.0 Å². The van der Waals surface area contributed by atoms with Gasteiger partial charge in [-0.05, 0) is 63.1 Å².